The van der Waals surface area contributed by atoms with Gasteiger partial charge in [0.2, 0.25) is 0 Å². The molecular weight excluding hydrogens is 413 g/mol. The van der Waals surface area contributed by atoms with Gasteiger partial charge in [-0.25, -0.2) is 9.37 Å². The lowest BCUT2D eigenvalue weighted by atomic mass is 9.93. The van der Waals surface area contributed by atoms with E-state index >= 15 is 0 Å². The van der Waals surface area contributed by atoms with Crippen molar-refractivity contribution < 1.29 is 9.13 Å². The summed E-state index contributed by atoms with van der Waals surface area (Å²) in [6.07, 6.45) is 6.40. The molecule has 4 rings (SSSR count). The smallest absolute Gasteiger partial charge is 0.262 e. The molecule has 1 aliphatic rings. The summed E-state index contributed by atoms with van der Waals surface area (Å²) in [4.78, 5) is 19.8. The van der Waals surface area contributed by atoms with Crippen molar-refractivity contribution in [3.8, 4) is 0 Å². The lowest BCUT2D eigenvalue weighted by Crippen LogP contribution is -2.35. The Morgan fingerprint density at radius 1 is 1.39 bits per heavy atom. The first-order valence-electron chi connectivity index (χ1n) is 11.1. The number of hydrogen-bond donors (Lipinski definition) is 1. The zero-order valence-corrected chi connectivity index (χ0v) is 19.0. The van der Waals surface area contributed by atoms with E-state index in [9.17, 15) is 9.18 Å². The highest BCUT2D eigenvalue weighted by Gasteiger charge is 2.25. The summed E-state index contributed by atoms with van der Waals surface area (Å²) in [5, 5.41) is 4.42. The van der Waals surface area contributed by atoms with Gasteiger partial charge in [-0.2, -0.15) is 0 Å². The van der Waals surface area contributed by atoms with Crippen LogP contribution in [0.25, 0.3) is 10.2 Å². The Hall–Kier alpha value is -2.09. The van der Waals surface area contributed by atoms with Crippen molar-refractivity contribution in [2.45, 2.75) is 64.6 Å². The van der Waals surface area contributed by atoms with Crippen LogP contribution in [-0.2, 0) is 30.5 Å². The Bertz CT molecular complexity index is 1090. The molecular formula is C24H30FN3O2S. The van der Waals surface area contributed by atoms with E-state index in [4.69, 9.17) is 4.74 Å². The van der Waals surface area contributed by atoms with E-state index in [2.05, 4.69) is 24.1 Å². The van der Waals surface area contributed by atoms with Gasteiger partial charge in [0.1, 0.15) is 10.6 Å². The maximum Gasteiger partial charge on any atom is 0.262 e. The quantitative estimate of drug-likeness (QED) is 0.506. The van der Waals surface area contributed by atoms with Gasteiger partial charge in [-0.05, 0) is 75.8 Å². The molecule has 0 spiro atoms. The first kappa shape index (κ1) is 22.1. The summed E-state index contributed by atoms with van der Waals surface area (Å²) in [7, 11) is 0. The standard InChI is InChI=1S/C24H30FN3O2S/c1-16(2)30-12-4-10-26-19-7-8-20-21(14-19)31-23-22(20)24(29)28(15-27-23)11-9-17-5-3-6-18(25)13-17/h3,5-6,13,15-16,19,26H,4,7-12,14H2,1-2H3. The highest BCUT2D eigenvalue weighted by atomic mass is 32.1. The van der Waals surface area contributed by atoms with Crippen molar-refractivity contribution in [3.63, 3.8) is 0 Å². The Balaban J connectivity index is 1.42. The molecule has 0 saturated heterocycles. The molecule has 0 amide bonds. The second kappa shape index (κ2) is 10.0. The first-order chi connectivity index (χ1) is 15.0. The largest absolute Gasteiger partial charge is 0.379 e. The highest BCUT2D eigenvalue weighted by molar-refractivity contribution is 7.18. The van der Waals surface area contributed by atoms with Crippen molar-refractivity contribution in [3.05, 3.63) is 62.8 Å². The molecule has 3 aromatic rings. The predicted molar refractivity (Wildman–Crippen MR) is 124 cm³/mol. The maximum atomic E-state index is 13.4. The zero-order valence-electron chi connectivity index (χ0n) is 18.2. The van der Waals surface area contributed by atoms with Crippen LogP contribution in [0.2, 0.25) is 0 Å². The SMILES string of the molecule is CC(C)OCCCNC1CCc2c(sc3ncn(CCc4cccc(F)c4)c(=O)c23)C1. The minimum Gasteiger partial charge on any atom is -0.379 e. The summed E-state index contributed by atoms with van der Waals surface area (Å²) in [5.74, 6) is -0.249. The van der Waals surface area contributed by atoms with Crippen molar-refractivity contribution in [2.75, 3.05) is 13.2 Å². The molecule has 1 unspecified atom stereocenters. The zero-order chi connectivity index (χ0) is 21.8. The number of fused-ring (bicyclic) bond motifs is 3. The number of nitrogens with zero attached hydrogens (tertiary/aromatic N) is 2. The molecule has 0 saturated carbocycles. The first-order valence-corrected chi connectivity index (χ1v) is 11.9. The van der Waals surface area contributed by atoms with Crippen molar-refractivity contribution >= 4 is 21.6 Å². The van der Waals surface area contributed by atoms with Gasteiger partial charge in [0.25, 0.3) is 5.56 Å². The van der Waals surface area contributed by atoms with E-state index < -0.39 is 0 Å². The van der Waals surface area contributed by atoms with Crippen LogP contribution in [0.5, 0.6) is 0 Å². The van der Waals surface area contributed by atoms with Crippen LogP contribution in [-0.4, -0.2) is 34.8 Å². The molecule has 0 radical (unpaired) electrons. The molecule has 1 N–H and O–H groups in total. The third-order valence-electron chi connectivity index (χ3n) is 5.77. The number of hydrogen-bond acceptors (Lipinski definition) is 5. The fourth-order valence-corrected chi connectivity index (χ4v) is 5.43. The van der Waals surface area contributed by atoms with E-state index in [1.54, 1.807) is 28.3 Å². The molecule has 5 nitrogen and oxygen atoms in total. The average Bonchev–Trinajstić information content (AvgIpc) is 3.11. The molecule has 166 valence electrons. The number of halogens is 1. The lowest BCUT2D eigenvalue weighted by Gasteiger charge is -2.23. The number of aryl methyl sites for hydroxylation is 3. The summed E-state index contributed by atoms with van der Waals surface area (Å²) >= 11 is 1.65. The number of aromatic nitrogens is 2. The Kier molecular flexibility index (Phi) is 7.15. The maximum absolute atomic E-state index is 13.4. The van der Waals surface area contributed by atoms with E-state index in [0.29, 0.717) is 19.0 Å². The third-order valence-corrected chi connectivity index (χ3v) is 6.93. The lowest BCUT2D eigenvalue weighted by molar-refractivity contribution is 0.0766. The monoisotopic (exact) mass is 443 g/mol. The topological polar surface area (TPSA) is 56.1 Å². The van der Waals surface area contributed by atoms with Crippen molar-refractivity contribution in [1.82, 2.24) is 14.9 Å². The predicted octanol–water partition coefficient (Wildman–Crippen LogP) is 4.10. The Labute approximate surface area is 186 Å². The molecule has 7 heteroatoms. The fourth-order valence-electron chi connectivity index (χ4n) is 4.17. The molecule has 1 aromatic carbocycles. The molecule has 2 heterocycles. The Morgan fingerprint density at radius 3 is 3.06 bits per heavy atom. The van der Waals surface area contributed by atoms with Crippen LogP contribution in [0, 0.1) is 5.82 Å². The van der Waals surface area contributed by atoms with Gasteiger partial charge < -0.3 is 10.1 Å². The van der Waals surface area contributed by atoms with Crippen LogP contribution < -0.4 is 10.9 Å². The number of ether oxygens (including phenoxy) is 1. The number of rotatable bonds is 9. The van der Waals surface area contributed by atoms with Crippen molar-refractivity contribution in [1.29, 1.82) is 0 Å². The number of thiophene rings is 1. The van der Waals surface area contributed by atoms with Gasteiger partial charge in [0, 0.05) is 24.1 Å². The van der Waals surface area contributed by atoms with E-state index in [1.165, 1.54) is 22.6 Å². The molecule has 31 heavy (non-hydrogen) atoms. The van der Waals surface area contributed by atoms with E-state index in [0.717, 1.165) is 54.6 Å². The van der Waals surface area contributed by atoms with E-state index in [-0.39, 0.29) is 17.5 Å². The number of nitrogens with one attached hydrogen (secondary N) is 1. The minimum atomic E-state index is -0.249. The van der Waals surface area contributed by atoms with Crippen LogP contribution in [0.4, 0.5) is 4.39 Å². The normalized spacial score (nSPS) is 16.2. The minimum absolute atomic E-state index is 0.0242. The van der Waals surface area contributed by atoms with Gasteiger partial charge >= 0.3 is 0 Å². The van der Waals surface area contributed by atoms with Crippen LogP contribution in [0.1, 0.15) is 42.7 Å². The van der Waals surface area contributed by atoms with Crippen molar-refractivity contribution in [2.24, 2.45) is 0 Å². The average molecular weight is 444 g/mol. The van der Waals surface area contributed by atoms with Crippen LogP contribution >= 0.6 is 11.3 Å². The summed E-state index contributed by atoms with van der Waals surface area (Å²) in [6.45, 7) is 6.34. The van der Waals surface area contributed by atoms with Crippen LogP contribution in [0.3, 0.4) is 0 Å². The molecule has 1 atom stereocenters. The molecule has 2 aromatic heterocycles. The Morgan fingerprint density at radius 2 is 2.26 bits per heavy atom. The number of benzene rings is 1. The summed E-state index contributed by atoms with van der Waals surface area (Å²) in [5.41, 5.74) is 2.09. The third kappa shape index (κ3) is 5.40. The van der Waals surface area contributed by atoms with Gasteiger partial charge in [-0.3, -0.25) is 9.36 Å². The van der Waals surface area contributed by atoms with Crippen LogP contribution in [0.15, 0.2) is 35.4 Å². The molecule has 0 aliphatic heterocycles. The molecule has 0 bridgehead atoms. The van der Waals surface area contributed by atoms with E-state index in [1.807, 2.05) is 6.07 Å². The summed E-state index contributed by atoms with van der Waals surface area (Å²) < 4.78 is 20.7. The second-order valence-electron chi connectivity index (χ2n) is 8.47. The summed E-state index contributed by atoms with van der Waals surface area (Å²) in [6, 6.07) is 6.98. The van der Waals surface area contributed by atoms with Gasteiger partial charge in [-0.1, -0.05) is 12.1 Å². The highest BCUT2D eigenvalue weighted by Crippen LogP contribution is 2.33. The molecule has 1 aliphatic carbocycles. The fraction of sp³-hybridized carbons (Fsp3) is 0.500. The van der Waals surface area contributed by atoms with Gasteiger partial charge in [0.05, 0.1) is 17.8 Å². The van der Waals surface area contributed by atoms with Gasteiger partial charge in [-0.15, -0.1) is 11.3 Å². The second-order valence-corrected chi connectivity index (χ2v) is 9.56. The molecule has 0 fully saturated rings. The van der Waals surface area contributed by atoms with Gasteiger partial charge in [0.15, 0.2) is 0 Å².